The summed E-state index contributed by atoms with van der Waals surface area (Å²) in [4.78, 5) is 24.1. The number of ether oxygens (including phenoxy) is 2. The molecule has 3 aromatic rings. The van der Waals surface area contributed by atoms with Crippen LogP contribution in [0.25, 0.3) is 22.1 Å². The molecule has 0 unspecified atom stereocenters. The quantitative estimate of drug-likeness (QED) is 0.584. The predicted molar refractivity (Wildman–Crippen MR) is 115 cm³/mol. The summed E-state index contributed by atoms with van der Waals surface area (Å²) < 4.78 is 38.8. The number of amides is 1. The molecule has 0 aliphatic carbocycles. The van der Waals surface area contributed by atoms with Gasteiger partial charge in [0.25, 0.3) is 5.91 Å². The lowest BCUT2D eigenvalue weighted by atomic mass is 10.0. The van der Waals surface area contributed by atoms with E-state index in [0.717, 1.165) is 11.0 Å². The molecule has 31 heavy (non-hydrogen) atoms. The van der Waals surface area contributed by atoms with Crippen molar-refractivity contribution in [2.24, 2.45) is 0 Å². The van der Waals surface area contributed by atoms with Crippen LogP contribution < -0.4 is 20.4 Å². The van der Waals surface area contributed by atoms with Crippen LogP contribution in [0.5, 0.6) is 11.5 Å². The molecular formula is C22H19NO7S. The van der Waals surface area contributed by atoms with E-state index in [1.807, 2.05) is 12.1 Å². The van der Waals surface area contributed by atoms with Gasteiger partial charge in [-0.05, 0) is 41.5 Å². The molecule has 1 atom stereocenters. The molecule has 1 aliphatic heterocycles. The van der Waals surface area contributed by atoms with E-state index in [1.54, 1.807) is 31.4 Å². The van der Waals surface area contributed by atoms with Crippen molar-refractivity contribution < 1.29 is 27.1 Å². The molecule has 4 rings (SSSR count). The predicted octanol–water partition coefficient (Wildman–Crippen LogP) is 2.27. The Labute approximate surface area is 178 Å². The second-order valence-electron chi connectivity index (χ2n) is 6.99. The van der Waals surface area contributed by atoms with E-state index < -0.39 is 27.4 Å². The molecule has 0 spiro atoms. The zero-order valence-corrected chi connectivity index (χ0v) is 17.3. The maximum Gasteiger partial charge on any atom is 0.336 e. The summed E-state index contributed by atoms with van der Waals surface area (Å²) >= 11 is 0. The summed E-state index contributed by atoms with van der Waals surface area (Å²) in [5.74, 6) is 0.428. The van der Waals surface area contributed by atoms with Crippen LogP contribution in [0.3, 0.4) is 0 Å². The molecule has 1 aliphatic rings. The van der Waals surface area contributed by atoms with Crippen molar-refractivity contribution in [1.29, 1.82) is 0 Å². The van der Waals surface area contributed by atoms with Gasteiger partial charge in [-0.1, -0.05) is 12.1 Å². The monoisotopic (exact) mass is 441 g/mol. The average molecular weight is 441 g/mol. The minimum Gasteiger partial charge on any atom is -0.497 e. The average Bonchev–Trinajstić information content (AvgIpc) is 3.09. The molecule has 0 bridgehead atoms. The Morgan fingerprint density at radius 2 is 1.87 bits per heavy atom. The van der Waals surface area contributed by atoms with Crippen LogP contribution in [0.4, 0.5) is 0 Å². The van der Waals surface area contributed by atoms with Crippen molar-refractivity contribution in [1.82, 2.24) is 5.32 Å². The maximum atomic E-state index is 12.1. The fraction of sp³-hybridized carbons (Fsp3) is 0.182. The van der Waals surface area contributed by atoms with Crippen LogP contribution in [0.15, 0.2) is 69.2 Å². The van der Waals surface area contributed by atoms with Crippen LogP contribution >= 0.6 is 0 Å². The van der Waals surface area contributed by atoms with Gasteiger partial charge >= 0.3 is 5.63 Å². The lowest BCUT2D eigenvalue weighted by Gasteiger charge is -2.12. The Kier molecular flexibility index (Phi) is 5.51. The summed E-state index contributed by atoms with van der Waals surface area (Å²) in [6.07, 6.45) is 1.43. The normalized spacial score (nSPS) is 16.9. The first-order chi connectivity index (χ1) is 14.8. The van der Waals surface area contributed by atoms with Gasteiger partial charge in [-0.25, -0.2) is 13.2 Å². The van der Waals surface area contributed by atoms with Gasteiger partial charge in [0.1, 0.15) is 17.1 Å². The van der Waals surface area contributed by atoms with Gasteiger partial charge in [0, 0.05) is 22.9 Å². The molecule has 0 radical (unpaired) electrons. The molecule has 2 aromatic carbocycles. The molecule has 2 heterocycles. The van der Waals surface area contributed by atoms with Gasteiger partial charge in [0.15, 0.2) is 16.4 Å². The first-order valence-electron chi connectivity index (χ1n) is 9.38. The van der Waals surface area contributed by atoms with E-state index in [4.69, 9.17) is 13.9 Å². The third-order valence-corrected chi connectivity index (χ3v) is 6.16. The van der Waals surface area contributed by atoms with Crippen LogP contribution in [-0.4, -0.2) is 39.8 Å². The zero-order valence-electron chi connectivity index (χ0n) is 16.5. The third-order valence-electron chi connectivity index (χ3n) is 4.76. The highest BCUT2D eigenvalue weighted by atomic mass is 32.2. The highest BCUT2D eigenvalue weighted by Gasteiger charge is 2.23. The van der Waals surface area contributed by atoms with E-state index in [0.29, 0.717) is 28.0 Å². The minimum atomic E-state index is -3.25. The van der Waals surface area contributed by atoms with E-state index in [2.05, 4.69) is 5.32 Å². The minimum absolute atomic E-state index is 0.159. The van der Waals surface area contributed by atoms with Crippen molar-refractivity contribution in [3.8, 4) is 22.6 Å². The topological polar surface area (TPSA) is 112 Å². The standard InChI is InChI=1S/C22H19NO7S/c1-28-16-4-2-14(3-5-16)19-11-22(25)30-20-10-17(6-7-18(19)20)29-12-21(24)23-15-8-9-31(26,27)13-15/h2-11,15H,12-13H2,1H3,(H,23,24)/t15-/m1/s1. The second-order valence-corrected chi connectivity index (χ2v) is 8.92. The van der Waals surface area contributed by atoms with Gasteiger partial charge in [0.05, 0.1) is 18.9 Å². The van der Waals surface area contributed by atoms with E-state index in [9.17, 15) is 18.0 Å². The number of rotatable bonds is 6. The fourth-order valence-electron chi connectivity index (χ4n) is 3.31. The maximum absolute atomic E-state index is 12.1. The van der Waals surface area contributed by atoms with Crippen molar-refractivity contribution in [3.05, 3.63) is 70.4 Å². The number of benzene rings is 2. The smallest absolute Gasteiger partial charge is 0.336 e. The fourth-order valence-corrected chi connectivity index (χ4v) is 4.54. The van der Waals surface area contributed by atoms with Gasteiger partial charge in [-0.3, -0.25) is 4.79 Å². The summed E-state index contributed by atoms with van der Waals surface area (Å²) in [6, 6.07) is 13.1. The number of methoxy groups -OCH3 is 1. The van der Waals surface area contributed by atoms with Gasteiger partial charge < -0.3 is 19.2 Å². The van der Waals surface area contributed by atoms with Crippen LogP contribution in [0, 0.1) is 0 Å². The highest BCUT2D eigenvalue weighted by Crippen LogP contribution is 2.30. The second kappa shape index (κ2) is 8.27. The number of carbonyl (C=O) groups is 1. The number of nitrogens with one attached hydrogen (secondary N) is 1. The number of hydrogen-bond donors (Lipinski definition) is 1. The first kappa shape index (κ1) is 20.7. The molecule has 0 fully saturated rings. The van der Waals surface area contributed by atoms with Crippen LogP contribution in [0.1, 0.15) is 0 Å². The molecule has 8 nitrogen and oxygen atoms in total. The van der Waals surface area contributed by atoms with Crippen molar-refractivity contribution in [3.63, 3.8) is 0 Å². The summed E-state index contributed by atoms with van der Waals surface area (Å²) in [5, 5.41) is 4.38. The van der Waals surface area contributed by atoms with Crippen LogP contribution in [0.2, 0.25) is 0 Å². The molecule has 1 aromatic heterocycles. The lowest BCUT2D eigenvalue weighted by molar-refractivity contribution is -0.123. The molecule has 1 amide bonds. The third kappa shape index (κ3) is 4.77. The molecule has 1 N–H and O–H groups in total. The Balaban J connectivity index is 1.51. The van der Waals surface area contributed by atoms with Gasteiger partial charge in [-0.2, -0.15) is 0 Å². The lowest BCUT2D eigenvalue weighted by Crippen LogP contribution is -2.38. The Hall–Kier alpha value is -3.59. The Morgan fingerprint density at radius 1 is 1.13 bits per heavy atom. The Bertz CT molecular complexity index is 1320. The number of carbonyl (C=O) groups excluding carboxylic acids is 1. The van der Waals surface area contributed by atoms with Crippen LogP contribution in [-0.2, 0) is 14.6 Å². The SMILES string of the molecule is COc1ccc(-c2cc(=O)oc3cc(OCC(=O)N[C@@H]4C=CS(=O)(=O)C4)ccc23)cc1. The molecule has 9 heteroatoms. The zero-order chi connectivity index (χ0) is 22.0. The highest BCUT2D eigenvalue weighted by molar-refractivity contribution is 7.94. The number of sulfone groups is 1. The first-order valence-corrected chi connectivity index (χ1v) is 11.1. The van der Waals surface area contributed by atoms with E-state index in [1.165, 1.54) is 18.2 Å². The number of hydrogen-bond acceptors (Lipinski definition) is 7. The van der Waals surface area contributed by atoms with E-state index >= 15 is 0 Å². The van der Waals surface area contributed by atoms with Crippen molar-refractivity contribution >= 4 is 26.7 Å². The molecule has 0 saturated carbocycles. The molecule has 0 saturated heterocycles. The Morgan fingerprint density at radius 3 is 2.55 bits per heavy atom. The van der Waals surface area contributed by atoms with Gasteiger partial charge in [-0.15, -0.1) is 0 Å². The summed E-state index contributed by atoms with van der Waals surface area (Å²) in [7, 11) is -1.67. The molecular weight excluding hydrogens is 422 g/mol. The van der Waals surface area contributed by atoms with Crippen molar-refractivity contribution in [2.45, 2.75) is 6.04 Å². The summed E-state index contributed by atoms with van der Waals surface area (Å²) in [6.45, 7) is -0.307. The van der Waals surface area contributed by atoms with Gasteiger partial charge in [0.2, 0.25) is 0 Å². The molecule has 160 valence electrons. The van der Waals surface area contributed by atoms with Crippen molar-refractivity contribution in [2.75, 3.05) is 19.5 Å². The number of fused-ring (bicyclic) bond motifs is 1. The largest absolute Gasteiger partial charge is 0.497 e. The summed E-state index contributed by atoms with van der Waals surface area (Å²) in [5.41, 5.74) is 1.34. The van der Waals surface area contributed by atoms with E-state index in [-0.39, 0.29) is 12.4 Å².